The number of fused-ring (bicyclic) bond motifs is 1. The molecule has 2 aromatic carbocycles. The summed E-state index contributed by atoms with van der Waals surface area (Å²) in [5, 5.41) is 2.80. The Labute approximate surface area is 159 Å². The SMILES string of the molecule is CC(C)N(Cc1ccccc1)C(=O)CC(=O)NCc1ccc2c(c1)OCO2. The van der Waals surface area contributed by atoms with Crippen LogP contribution < -0.4 is 14.8 Å². The van der Waals surface area contributed by atoms with Crippen LogP contribution in [0.1, 0.15) is 31.4 Å². The van der Waals surface area contributed by atoms with Crippen molar-refractivity contribution in [3.63, 3.8) is 0 Å². The average molecular weight is 368 g/mol. The van der Waals surface area contributed by atoms with E-state index >= 15 is 0 Å². The first-order valence-corrected chi connectivity index (χ1v) is 9.01. The minimum atomic E-state index is -0.295. The zero-order chi connectivity index (χ0) is 19.2. The summed E-state index contributed by atoms with van der Waals surface area (Å²) in [6.45, 7) is 4.94. The zero-order valence-electron chi connectivity index (χ0n) is 15.6. The molecule has 0 fully saturated rings. The molecule has 142 valence electrons. The Morgan fingerprint density at radius 3 is 2.52 bits per heavy atom. The first kappa shape index (κ1) is 18.8. The quantitative estimate of drug-likeness (QED) is 0.763. The molecule has 0 radical (unpaired) electrons. The zero-order valence-corrected chi connectivity index (χ0v) is 15.6. The van der Waals surface area contributed by atoms with Crippen molar-refractivity contribution in [3.8, 4) is 11.5 Å². The molecule has 1 aliphatic rings. The fourth-order valence-corrected chi connectivity index (χ4v) is 2.89. The van der Waals surface area contributed by atoms with Crippen LogP contribution in [0, 0.1) is 0 Å². The van der Waals surface area contributed by atoms with Gasteiger partial charge in [0, 0.05) is 19.1 Å². The molecule has 2 aromatic rings. The standard InChI is InChI=1S/C21H24N2O4/c1-15(2)23(13-16-6-4-3-5-7-16)21(25)11-20(24)22-12-17-8-9-18-19(10-17)27-14-26-18/h3-10,15H,11-14H2,1-2H3,(H,22,24). The summed E-state index contributed by atoms with van der Waals surface area (Å²) in [5.41, 5.74) is 1.94. The molecule has 0 saturated carbocycles. The van der Waals surface area contributed by atoms with Crippen LogP contribution in [-0.2, 0) is 22.7 Å². The Balaban J connectivity index is 1.53. The molecule has 0 atom stereocenters. The van der Waals surface area contributed by atoms with Crippen LogP contribution in [0.5, 0.6) is 11.5 Å². The van der Waals surface area contributed by atoms with Crippen molar-refractivity contribution in [1.82, 2.24) is 10.2 Å². The Kier molecular flexibility index (Phi) is 5.96. The minimum Gasteiger partial charge on any atom is -0.454 e. The average Bonchev–Trinajstić information content (AvgIpc) is 3.12. The van der Waals surface area contributed by atoms with E-state index in [9.17, 15) is 9.59 Å². The highest BCUT2D eigenvalue weighted by molar-refractivity contribution is 5.96. The topological polar surface area (TPSA) is 67.9 Å². The maximum atomic E-state index is 12.6. The third kappa shape index (κ3) is 5.00. The highest BCUT2D eigenvalue weighted by atomic mass is 16.7. The Hall–Kier alpha value is -3.02. The molecular weight excluding hydrogens is 344 g/mol. The van der Waals surface area contributed by atoms with E-state index in [1.54, 1.807) is 4.90 Å². The minimum absolute atomic E-state index is 0.0133. The van der Waals surface area contributed by atoms with Crippen LogP contribution in [-0.4, -0.2) is 29.5 Å². The summed E-state index contributed by atoms with van der Waals surface area (Å²) in [7, 11) is 0. The summed E-state index contributed by atoms with van der Waals surface area (Å²) in [6, 6.07) is 15.3. The lowest BCUT2D eigenvalue weighted by Crippen LogP contribution is -2.39. The van der Waals surface area contributed by atoms with Gasteiger partial charge in [0.25, 0.3) is 0 Å². The number of ether oxygens (including phenoxy) is 2. The number of hydrogen-bond acceptors (Lipinski definition) is 4. The highest BCUT2D eigenvalue weighted by Gasteiger charge is 2.20. The summed E-state index contributed by atoms with van der Waals surface area (Å²) < 4.78 is 10.6. The van der Waals surface area contributed by atoms with E-state index in [1.165, 1.54) is 0 Å². The molecule has 0 aliphatic carbocycles. The van der Waals surface area contributed by atoms with Crippen LogP contribution in [0.25, 0.3) is 0 Å². The number of amides is 2. The number of hydrogen-bond donors (Lipinski definition) is 1. The molecule has 1 aliphatic heterocycles. The van der Waals surface area contributed by atoms with Gasteiger partial charge in [0.15, 0.2) is 11.5 Å². The van der Waals surface area contributed by atoms with Gasteiger partial charge in [-0.3, -0.25) is 9.59 Å². The van der Waals surface area contributed by atoms with Gasteiger partial charge in [-0.1, -0.05) is 36.4 Å². The molecule has 2 amide bonds. The van der Waals surface area contributed by atoms with Gasteiger partial charge in [-0.25, -0.2) is 0 Å². The fraction of sp³-hybridized carbons (Fsp3) is 0.333. The Bertz CT molecular complexity index is 805. The number of benzene rings is 2. The number of rotatable bonds is 7. The molecule has 6 heteroatoms. The fourth-order valence-electron chi connectivity index (χ4n) is 2.89. The predicted octanol–water partition coefficient (Wildman–Crippen LogP) is 2.86. The van der Waals surface area contributed by atoms with Gasteiger partial charge in [0.05, 0.1) is 0 Å². The van der Waals surface area contributed by atoms with Crippen LogP contribution >= 0.6 is 0 Å². The van der Waals surface area contributed by atoms with E-state index in [-0.39, 0.29) is 31.1 Å². The van der Waals surface area contributed by atoms with Crippen molar-refractivity contribution in [2.45, 2.75) is 39.4 Å². The lowest BCUT2D eigenvalue weighted by atomic mass is 10.1. The first-order valence-electron chi connectivity index (χ1n) is 9.01. The summed E-state index contributed by atoms with van der Waals surface area (Å²) in [4.78, 5) is 26.5. The molecule has 0 spiro atoms. The van der Waals surface area contributed by atoms with Crippen molar-refractivity contribution in [3.05, 3.63) is 59.7 Å². The van der Waals surface area contributed by atoms with Gasteiger partial charge in [0.1, 0.15) is 6.42 Å². The van der Waals surface area contributed by atoms with Crippen molar-refractivity contribution in [1.29, 1.82) is 0 Å². The van der Waals surface area contributed by atoms with Crippen molar-refractivity contribution in [2.24, 2.45) is 0 Å². The summed E-state index contributed by atoms with van der Waals surface area (Å²) in [6.07, 6.45) is -0.171. The van der Waals surface area contributed by atoms with Gasteiger partial charge in [-0.05, 0) is 37.1 Å². The van der Waals surface area contributed by atoms with Crippen LogP contribution in [0.4, 0.5) is 0 Å². The number of nitrogens with zero attached hydrogens (tertiary/aromatic N) is 1. The van der Waals surface area contributed by atoms with Gasteiger partial charge < -0.3 is 19.7 Å². The van der Waals surface area contributed by atoms with Gasteiger partial charge in [0.2, 0.25) is 18.6 Å². The van der Waals surface area contributed by atoms with Gasteiger partial charge in [-0.15, -0.1) is 0 Å². The molecule has 0 saturated heterocycles. The molecular formula is C21H24N2O4. The van der Waals surface area contributed by atoms with Crippen LogP contribution in [0.15, 0.2) is 48.5 Å². The van der Waals surface area contributed by atoms with Crippen LogP contribution in [0.2, 0.25) is 0 Å². The largest absolute Gasteiger partial charge is 0.454 e. The molecule has 1 heterocycles. The predicted molar refractivity (Wildman–Crippen MR) is 101 cm³/mol. The second-order valence-electron chi connectivity index (χ2n) is 6.74. The van der Waals surface area contributed by atoms with E-state index in [0.29, 0.717) is 24.6 Å². The van der Waals surface area contributed by atoms with Gasteiger partial charge in [-0.2, -0.15) is 0 Å². The van der Waals surface area contributed by atoms with E-state index in [0.717, 1.165) is 11.1 Å². The summed E-state index contributed by atoms with van der Waals surface area (Å²) >= 11 is 0. The molecule has 0 bridgehead atoms. The molecule has 0 aromatic heterocycles. The van der Waals surface area contributed by atoms with E-state index < -0.39 is 0 Å². The maximum absolute atomic E-state index is 12.6. The third-order valence-electron chi connectivity index (χ3n) is 4.38. The smallest absolute Gasteiger partial charge is 0.232 e. The van der Waals surface area contributed by atoms with Crippen molar-refractivity contribution in [2.75, 3.05) is 6.79 Å². The van der Waals surface area contributed by atoms with Crippen molar-refractivity contribution < 1.29 is 19.1 Å². The number of carbonyl (C=O) groups excluding carboxylic acids is 2. The first-order chi connectivity index (χ1) is 13.0. The van der Waals surface area contributed by atoms with Crippen molar-refractivity contribution >= 4 is 11.8 Å². The second kappa shape index (κ2) is 8.58. The second-order valence-corrected chi connectivity index (χ2v) is 6.74. The highest BCUT2D eigenvalue weighted by Crippen LogP contribution is 2.32. The summed E-state index contributed by atoms with van der Waals surface area (Å²) in [5.74, 6) is 0.897. The number of carbonyl (C=O) groups is 2. The molecule has 1 N–H and O–H groups in total. The third-order valence-corrected chi connectivity index (χ3v) is 4.38. The van der Waals surface area contributed by atoms with Gasteiger partial charge >= 0.3 is 0 Å². The lowest BCUT2D eigenvalue weighted by Gasteiger charge is -2.26. The molecule has 27 heavy (non-hydrogen) atoms. The van der Waals surface area contributed by atoms with E-state index in [2.05, 4.69) is 5.32 Å². The normalized spacial score (nSPS) is 12.1. The Morgan fingerprint density at radius 1 is 1.04 bits per heavy atom. The van der Waals surface area contributed by atoms with E-state index in [1.807, 2.05) is 62.4 Å². The maximum Gasteiger partial charge on any atom is 0.232 e. The molecule has 0 unspecified atom stereocenters. The number of nitrogens with one attached hydrogen (secondary N) is 1. The Morgan fingerprint density at radius 2 is 1.78 bits per heavy atom. The molecule has 3 rings (SSSR count). The van der Waals surface area contributed by atoms with E-state index in [4.69, 9.17) is 9.47 Å². The van der Waals surface area contributed by atoms with Crippen LogP contribution in [0.3, 0.4) is 0 Å². The molecule has 6 nitrogen and oxygen atoms in total. The lowest BCUT2D eigenvalue weighted by molar-refractivity contribution is -0.138. The monoisotopic (exact) mass is 368 g/mol.